The van der Waals surface area contributed by atoms with E-state index in [1.165, 1.54) is 5.39 Å². The molecule has 1 atom stereocenters. The van der Waals surface area contributed by atoms with Crippen LogP contribution >= 0.6 is 0 Å². The second-order valence-electron chi connectivity index (χ2n) is 5.11. The van der Waals surface area contributed by atoms with E-state index < -0.39 is 0 Å². The predicted molar refractivity (Wildman–Crippen MR) is 76.2 cm³/mol. The number of aromatic amines is 1. The predicted octanol–water partition coefficient (Wildman–Crippen LogP) is 1.70. The molecule has 2 N–H and O–H groups in total. The maximum Gasteiger partial charge on any atom is 0.152 e. The summed E-state index contributed by atoms with van der Waals surface area (Å²) in [7, 11) is 0. The molecule has 4 heteroatoms. The van der Waals surface area contributed by atoms with Crippen LogP contribution < -0.4 is 5.32 Å². The lowest BCUT2D eigenvalue weighted by molar-refractivity contribution is -0.122. The van der Waals surface area contributed by atoms with E-state index in [9.17, 15) is 4.79 Å². The molecule has 1 aliphatic heterocycles. The van der Waals surface area contributed by atoms with E-state index >= 15 is 0 Å². The van der Waals surface area contributed by atoms with Crippen LogP contribution in [0.25, 0.3) is 10.9 Å². The average molecular weight is 257 g/mol. The summed E-state index contributed by atoms with van der Waals surface area (Å²) in [6.45, 7) is 5.41. The molecule has 0 amide bonds. The van der Waals surface area contributed by atoms with Gasteiger partial charge in [0.05, 0.1) is 0 Å². The zero-order valence-electron chi connectivity index (χ0n) is 11.1. The zero-order chi connectivity index (χ0) is 13.2. The van der Waals surface area contributed by atoms with E-state index in [1.54, 1.807) is 6.92 Å². The Morgan fingerprint density at radius 2 is 2.00 bits per heavy atom. The molecule has 100 valence electrons. The number of H-pyrrole nitrogens is 1. The van der Waals surface area contributed by atoms with Gasteiger partial charge in [-0.2, -0.15) is 0 Å². The minimum Gasteiger partial charge on any atom is -0.357 e. The van der Waals surface area contributed by atoms with Crippen molar-refractivity contribution in [3.63, 3.8) is 0 Å². The Kier molecular flexibility index (Phi) is 3.36. The maximum absolute atomic E-state index is 12.0. The van der Waals surface area contributed by atoms with Crippen molar-refractivity contribution in [1.29, 1.82) is 0 Å². The number of carbonyl (C=O) groups excluding carboxylic acids is 1. The van der Waals surface area contributed by atoms with E-state index in [4.69, 9.17) is 0 Å². The molecular formula is C15H19N3O. The highest BCUT2D eigenvalue weighted by atomic mass is 16.1. The highest BCUT2D eigenvalue weighted by molar-refractivity contribution is 5.86. The maximum atomic E-state index is 12.0. The summed E-state index contributed by atoms with van der Waals surface area (Å²) in [5.41, 5.74) is 2.11. The van der Waals surface area contributed by atoms with E-state index in [-0.39, 0.29) is 11.8 Å². The van der Waals surface area contributed by atoms with Crippen LogP contribution in [0.1, 0.15) is 18.7 Å². The summed E-state index contributed by atoms with van der Waals surface area (Å²) in [4.78, 5) is 17.7. The van der Waals surface area contributed by atoms with Crippen LogP contribution in [0.3, 0.4) is 0 Å². The number of rotatable bonds is 3. The van der Waals surface area contributed by atoms with Crippen LogP contribution in [-0.4, -0.2) is 41.8 Å². The Labute approximate surface area is 112 Å². The molecule has 3 rings (SSSR count). The lowest BCUT2D eigenvalue weighted by Gasteiger charge is -2.32. The van der Waals surface area contributed by atoms with Crippen LogP contribution in [0.15, 0.2) is 30.3 Å². The minimum atomic E-state index is -0.144. The fourth-order valence-corrected chi connectivity index (χ4v) is 2.86. The minimum absolute atomic E-state index is 0.144. The first-order valence-electron chi connectivity index (χ1n) is 6.78. The Balaban J connectivity index is 1.96. The highest BCUT2D eigenvalue weighted by Gasteiger charge is 2.27. The summed E-state index contributed by atoms with van der Waals surface area (Å²) in [6.07, 6.45) is 0. The van der Waals surface area contributed by atoms with Crippen LogP contribution in [0.4, 0.5) is 0 Å². The van der Waals surface area contributed by atoms with Crippen LogP contribution in [0, 0.1) is 0 Å². The van der Waals surface area contributed by atoms with Gasteiger partial charge in [-0.25, -0.2) is 0 Å². The van der Waals surface area contributed by atoms with E-state index in [0.717, 1.165) is 37.4 Å². The highest BCUT2D eigenvalue weighted by Crippen LogP contribution is 2.25. The number of nitrogens with one attached hydrogen (secondary N) is 2. The van der Waals surface area contributed by atoms with E-state index in [1.807, 2.05) is 18.2 Å². The summed E-state index contributed by atoms with van der Waals surface area (Å²) in [6, 6.07) is 10.1. The quantitative estimate of drug-likeness (QED) is 0.880. The second-order valence-corrected chi connectivity index (χ2v) is 5.11. The molecule has 1 aromatic carbocycles. The van der Waals surface area contributed by atoms with Gasteiger partial charge in [-0.1, -0.05) is 18.2 Å². The molecule has 2 aromatic rings. The van der Waals surface area contributed by atoms with Crippen molar-refractivity contribution in [2.75, 3.05) is 26.2 Å². The van der Waals surface area contributed by atoms with Crippen LogP contribution in [0.2, 0.25) is 0 Å². The largest absolute Gasteiger partial charge is 0.357 e. The number of carbonyl (C=O) groups is 1. The monoisotopic (exact) mass is 257 g/mol. The Morgan fingerprint density at radius 1 is 1.26 bits per heavy atom. The molecular weight excluding hydrogens is 238 g/mol. The Morgan fingerprint density at radius 3 is 2.68 bits per heavy atom. The number of hydrogen-bond acceptors (Lipinski definition) is 3. The van der Waals surface area contributed by atoms with Gasteiger partial charge in [0.1, 0.15) is 6.04 Å². The molecule has 1 saturated heterocycles. The molecule has 0 saturated carbocycles. The number of hydrogen-bond donors (Lipinski definition) is 2. The molecule has 1 unspecified atom stereocenters. The number of nitrogens with zero attached hydrogens (tertiary/aromatic N) is 1. The summed E-state index contributed by atoms with van der Waals surface area (Å²) >= 11 is 0. The number of para-hydroxylation sites is 1. The average Bonchev–Trinajstić information content (AvgIpc) is 2.82. The van der Waals surface area contributed by atoms with Gasteiger partial charge in [-0.3, -0.25) is 9.69 Å². The fourth-order valence-electron chi connectivity index (χ4n) is 2.86. The SMILES string of the molecule is CC(=O)C(c1cc2ccccc2[nH]1)N1CCNCC1. The zero-order valence-corrected chi connectivity index (χ0v) is 11.1. The standard InChI is InChI=1S/C15H19N3O/c1-11(19)15(18-8-6-16-7-9-18)14-10-12-4-2-3-5-13(12)17-14/h2-5,10,15-17H,6-9H2,1H3. The van der Waals surface area contributed by atoms with Crippen molar-refractivity contribution in [3.05, 3.63) is 36.0 Å². The first-order valence-corrected chi connectivity index (χ1v) is 6.78. The van der Waals surface area contributed by atoms with Crippen LogP contribution in [-0.2, 0) is 4.79 Å². The van der Waals surface area contributed by atoms with Gasteiger partial charge in [0.15, 0.2) is 5.78 Å². The second kappa shape index (κ2) is 5.15. The third kappa shape index (κ3) is 2.41. The topological polar surface area (TPSA) is 48.1 Å². The van der Waals surface area contributed by atoms with Crippen molar-refractivity contribution in [2.24, 2.45) is 0 Å². The van der Waals surface area contributed by atoms with Crippen molar-refractivity contribution < 1.29 is 4.79 Å². The van der Waals surface area contributed by atoms with Crippen molar-refractivity contribution in [1.82, 2.24) is 15.2 Å². The van der Waals surface area contributed by atoms with Gasteiger partial charge in [-0.15, -0.1) is 0 Å². The molecule has 0 aliphatic carbocycles. The normalized spacial score (nSPS) is 18.6. The molecule has 2 heterocycles. The smallest absolute Gasteiger partial charge is 0.152 e. The molecule has 1 fully saturated rings. The number of ketones is 1. The Bertz CT molecular complexity index is 551. The number of Topliss-reactive ketones (excluding diaryl/α,β-unsaturated/α-hetero) is 1. The number of fused-ring (bicyclic) bond motifs is 1. The van der Waals surface area contributed by atoms with Gasteiger partial charge in [-0.05, 0) is 24.4 Å². The molecule has 1 aliphatic rings. The van der Waals surface area contributed by atoms with Crippen molar-refractivity contribution >= 4 is 16.7 Å². The Hall–Kier alpha value is -1.65. The van der Waals surface area contributed by atoms with E-state index in [0.29, 0.717) is 0 Å². The first-order chi connectivity index (χ1) is 9.25. The fraction of sp³-hybridized carbons (Fsp3) is 0.400. The lowest BCUT2D eigenvalue weighted by Crippen LogP contribution is -2.46. The van der Waals surface area contributed by atoms with Gasteiger partial charge in [0, 0.05) is 37.4 Å². The molecule has 4 nitrogen and oxygen atoms in total. The summed E-state index contributed by atoms with van der Waals surface area (Å²) in [5, 5.41) is 4.49. The third-order valence-electron chi connectivity index (χ3n) is 3.75. The lowest BCUT2D eigenvalue weighted by atomic mass is 10.1. The van der Waals surface area contributed by atoms with E-state index in [2.05, 4.69) is 27.3 Å². The van der Waals surface area contributed by atoms with Gasteiger partial charge in [0.25, 0.3) is 0 Å². The van der Waals surface area contributed by atoms with Crippen LogP contribution in [0.5, 0.6) is 0 Å². The van der Waals surface area contributed by atoms with Gasteiger partial charge >= 0.3 is 0 Å². The summed E-state index contributed by atoms with van der Waals surface area (Å²) in [5.74, 6) is 0.202. The molecule has 19 heavy (non-hydrogen) atoms. The van der Waals surface area contributed by atoms with Crippen molar-refractivity contribution in [3.8, 4) is 0 Å². The van der Waals surface area contributed by atoms with Gasteiger partial charge in [0.2, 0.25) is 0 Å². The van der Waals surface area contributed by atoms with Gasteiger partial charge < -0.3 is 10.3 Å². The molecule has 0 bridgehead atoms. The van der Waals surface area contributed by atoms with Crippen molar-refractivity contribution in [2.45, 2.75) is 13.0 Å². The number of aromatic nitrogens is 1. The number of piperazine rings is 1. The third-order valence-corrected chi connectivity index (χ3v) is 3.75. The number of benzene rings is 1. The molecule has 0 spiro atoms. The molecule has 1 aromatic heterocycles. The molecule has 0 radical (unpaired) electrons. The summed E-state index contributed by atoms with van der Waals surface area (Å²) < 4.78 is 0. The first kappa shape index (κ1) is 12.4.